The highest BCUT2D eigenvalue weighted by atomic mass is 32.1. The van der Waals surface area contributed by atoms with Gasteiger partial charge in [-0.25, -0.2) is 15.0 Å². The summed E-state index contributed by atoms with van der Waals surface area (Å²) in [5, 5.41) is 7.02. The van der Waals surface area contributed by atoms with Crippen LogP contribution in [-0.4, -0.2) is 15.0 Å². The van der Waals surface area contributed by atoms with Crippen molar-refractivity contribution >= 4 is 64.2 Å². The van der Waals surface area contributed by atoms with Gasteiger partial charge in [-0.2, -0.15) is 0 Å². The normalized spacial score (nSPS) is 11.8. The lowest BCUT2D eigenvalue weighted by Gasteiger charge is -2.11. The topological polar surface area (TPSA) is 51.8 Å². The van der Waals surface area contributed by atoms with Gasteiger partial charge < -0.3 is 4.42 Å². The van der Waals surface area contributed by atoms with Crippen LogP contribution in [0.3, 0.4) is 0 Å². The zero-order chi connectivity index (χ0) is 31.6. The SMILES string of the molecule is c1ccc(-c2nc(-c3ccccc3)nc(-c3ccc(-c4cccc5sc6cc7ccccc7cc6c45)c4oc5ccccc5c34)n2)cc1. The first-order valence-electron chi connectivity index (χ1n) is 15.9. The van der Waals surface area contributed by atoms with E-state index in [2.05, 4.69) is 78.9 Å². The number of benzene rings is 7. The molecule has 4 nitrogen and oxygen atoms in total. The Kier molecular flexibility index (Phi) is 6.01. The van der Waals surface area contributed by atoms with Gasteiger partial charge in [-0.05, 0) is 52.7 Å². The predicted molar refractivity (Wildman–Crippen MR) is 199 cm³/mol. The maximum absolute atomic E-state index is 6.77. The Morgan fingerprint density at radius 2 is 1.04 bits per heavy atom. The van der Waals surface area contributed by atoms with E-state index in [1.807, 2.05) is 84.1 Å². The molecule has 0 unspecified atom stereocenters. The standard InChI is InChI=1S/C43H25N3OS/c1-3-12-26(13-4-1)41-44-42(27-14-5-2-6-15-27)46-43(45-41)33-23-22-31(40-39(33)32-18-9-10-20-35(32)47-40)30-19-11-21-36-38(30)34-24-28-16-7-8-17-29(28)25-37(34)48-36/h1-25H. The summed E-state index contributed by atoms with van der Waals surface area (Å²) in [6.07, 6.45) is 0. The highest BCUT2D eigenvalue weighted by Crippen LogP contribution is 2.46. The molecule has 0 aliphatic carbocycles. The van der Waals surface area contributed by atoms with Crippen molar-refractivity contribution in [2.24, 2.45) is 0 Å². The summed E-state index contributed by atoms with van der Waals surface area (Å²) in [7, 11) is 0. The van der Waals surface area contributed by atoms with Crippen molar-refractivity contribution in [1.82, 2.24) is 15.0 Å². The molecule has 48 heavy (non-hydrogen) atoms. The first-order valence-corrected chi connectivity index (χ1v) is 16.8. The zero-order valence-corrected chi connectivity index (χ0v) is 26.4. The van der Waals surface area contributed by atoms with E-state index in [0.717, 1.165) is 49.8 Å². The summed E-state index contributed by atoms with van der Waals surface area (Å²) in [5.41, 5.74) is 6.63. The van der Waals surface area contributed by atoms with Crippen molar-refractivity contribution < 1.29 is 4.42 Å². The molecule has 10 rings (SSSR count). The third-order valence-corrected chi connectivity index (χ3v) is 10.2. The highest BCUT2D eigenvalue weighted by molar-refractivity contribution is 7.26. The first kappa shape index (κ1) is 27.0. The van der Waals surface area contributed by atoms with Crippen molar-refractivity contribution in [2.45, 2.75) is 0 Å². The lowest BCUT2D eigenvalue weighted by atomic mass is 9.94. The van der Waals surface area contributed by atoms with Crippen molar-refractivity contribution in [3.63, 3.8) is 0 Å². The minimum atomic E-state index is 0.608. The largest absolute Gasteiger partial charge is 0.455 e. The van der Waals surface area contributed by atoms with Crippen molar-refractivity contribution in [3.8, 4) is 45.3 Å². The van der Waals surface area contributed by atoms with E-state index in [4.69, 9.17) is 19.4 Å². The molecule has 224 valence electrons. The van der Waals surface area contributed by atoms with Crippen LogP contribution in [0.15, 0.2) is 156 Å². The van der Waals surface area contributed by atoms with Crippen molar-refractivity contribution in [1.29, 1.82) is 0 Å². The van der Waals surface area contributed by atoms with E-state index in [-0.39, 0.29) is 0 Å². The number of thiophene rings is 1. The Bertz CT molecular complexity index is 2780. The summed E-state index contributed by atoms with van der Waals surface area (Å²) in [6, 6.07) is 52.6. The van der Waals surface area contributed by atoms with Crippen LogP contribution in [0.1, 0.15) is 0 Å². The van der Waals surface area contributed by atoms with Gasteiger partial charge in [-0.3, -0.25) is 0 Å². The number of nitrogens with zero attached hydrogens (tertiary/aromatic N) is 3. The van der Waals surface area contributed by atoms with Crippen LogP contribution in [-0.2, 0) is 0 Å². The van der Waals surface area contributed by atoms with Gasteiger partial charge in [-0.15, -0.1) is 11.3 Å². The fourth-order valence-corrected chi connectivity index (χ4v) is 8.05. The van der Waals surface area contributed by atoms with E-state index < -0.39 is 0 Å². The lowest BCUT2D eigenvalue weighted by Crippen LogP contribution is -2.00. The Hall–Kier alpha value is -6.17. The number of hydrogen-bond acceptors (Lipinski definition) is 5. The van der Waals surface area contributed by atoms with Crippen LogP contribution in [0.2, 0.25) is 0 Å². The number of fused-ring (bicyclic) bond motifs is 7. The minimum absolute atomic E-state index is 0.608. The van der Waals surface area contributed by atoms with Crippen LogP contribution in [0.5, 0.6) is 0 Å². The quantitative estimate of drug-likeness (QED) is 0.194. The van der Waals surface area contributed by atoms with Gasteiger partial charge in [-0.1, -0.05) is 115 Å². The fourth-order valence-electron chi connectivity index (χ4n) is 6.89. The third-order valence-electron chi connectivity index (χ3n) is 9.12. The van der Waals surface area contributed by atoms with Gasteiger partial charge in [0.15, 0.2) is 17.5 Å². The molecule has 0 aliphatic heterocycles. The second-order valence-electron chi connectivity index (χ2n) is 12.0. The second-order valence-corrected chi connectivity index (χ2v) is 13.1. The fraction of sp³-hybridized carbons (Fsp3) is 0. The monoisotopic (exact) mass is 631 g/mol. The highest BCUT2D eigenvalue weighted by Gasteiger charge is 2.22. The molecule has 0 aliphatic rings. The molecular weight excluding hydrogens is 607 g/mol. The summed E-state index contributed by atoms with van der Waals surface area (Å²) in [6.45, 7) is 0. The predicted octanol–water partition coefficient (Wildman–Crippen LogP) is 12.0. The molecule has 3 heterocycles. The number of para-hydroxylation sites is 1. The van der Waals surface area contributed by atoms with Crippen molar-refractivity contribution in [3.05, 3.63) is 152 Å². The van der Waals surface area contributed by atoms with Gasteiger partial charge in [0.1, 0.15) is 11.2 Å². The molecule has 0 spiro atoms. The molecule has 0 N–H and O–H groups in total. The lowest BCUT2D eigenvalue weighted by molar-refractivity contribution is 0.670. The Morgan fingerprint density at radius 3 is 1.79 bits per heavy atom. The minimum Gasteiger partial charge on any atom is -0.455 e. The van der Waals surface area contributed by atoms with Gasteiger partial charge in [0.05, 0.1) is 0 Å². The molecule has 0 fully saturated rings. The summed E-state index contributed by atoms with van der Waals surface area (Å²) >= 11 is 1.84. The van der Waals surface area contributed by atoms with E-state index >= 15 is 0 Å². The summed E-state index contributed by atoms with van der Waals surface area (Å²) in [5.74, 6) is 1.87. The average molecular weight is 632 g/mol. The summed E-state index contributed by atoms with van der Waals surface area (Å²) < 4.78 is 9.30. The van der Waals surface area contributed by atoms with Crippen LogP contribution in [0, 0.1) is 0 Å². The number of furan rings is 1. The molecule has 3 aromatic heterocycles. The number of rotatable bonds is 4. The van der Waals surface area contributed by atoms with Gasteiger partial charge in [0.25, 0.3) is 0 Å². The van der Waals surface area contributed by atoms with Crippen LogP contribution in [0.25, 0.3) is 98.2 Å². The Morgan fingerprint density at radius 1 is 0.417 bits per heavy atom. The van der Waals surface area contributed by atoms with E-state index in [9.17, 15) is 0 Å². The van der Waals surface area contributed by atoms with Crippen LogP contribution in [0.4, 0.5) is 0 Å². The van der Waals surface area contributed by atoms with Crippen molar-refractivity contribution in [2.75, 3.05) is 0 Å². The zero-order valence-electron chi connectivity index (χ0n) is 25.6. The summed E-state index contributed by atoms with van der Waals surface area (Å²) in [4.78, 5) is 15.1. The van der Waals surface area contributed by atoms with E-state index in [0.29, 0.717) is 17.5 Å². The molecule has 10 aromatic rings. The number of aromatic nitrogens is 3. The maximum atomic E-state index is 6.77. The molecule has 0 saturated carbocycles. The number of hydrogen-bond donors (Lipinski definition) is 0. The Labute approximate surface area is 279 Å². The smallest absolute Gasteiger partial charge is 0.164 e. The van der Waals surface area contributed by atoms with Gasteiger partial charge >= 0.3 is 0 Å². The van der Waals surface area contributed by atoms with Gasteiger partial charge in [0.2, 0.25) is 0 Å². The Balaban J connectivity index is 1.26. The first-order chi connectivity index (χ1) is 23.8. The molecule has 0 bridgehead atoms. The van der Waals surface area contributed by atoms with Gasteiger partial charge in [0, 0.05) is 53.2 Å². The van der Waals surface area contributed by atoms with E-state index in [1.54, 1.807) is 0 Å². The molecule has 0 amide bonds. The third kappa shape index (κ3) is 4.25. The molecule has 0 saturated heterocycles. The molecule has 0 atom stereocenters. The molecule has 7 aromatic carbocycles. The molecular formula is C43H25N3OS. The van der Waals surface area contributed by atoms with E-state index in [1.165, 1.54) is 30.9 Å². The maximum Gasteiger partial charge on any atom is 0.164 e. The molecule has 5 heteroatoms. The van der Waals surface area contributed by atoms with Crippen LogP contribution < -0.4 is 0 Å². The van der Waals surface area contributed by atoms with Crippen LogP contribution >= 0.6 is 11.3 Å². The molecule has 0 radical (unpaired) electrons. The average Bonchev–Trinajstić information content (AvgIpc) is 3.72. The second kappa shape index (κ2) is 10.7.